The molecule has 2 spiro atoms. The molecule has 2 N–H and O–H groups in total. The van der Waals surface area contributed by atoms with Gasteiger partial charge >= 0.3 is 0 Å². The maximum Gasteiger partial charge on any atom is 0.168 e. The lowest BCUT2D eigenvalue weighted by Crippen LogP contribution is -2.71. The molecule has 5 fully saturated rings. The molecule has 122 valence electrons. The largest absolute Gasteiger partial charge is 0.393 e. The van der Waals surface area contributed by atoms with Crippen LogP contribution in [-0.2, 0) is 4.74 Å². The minimum atomic E-state index is -0.993. The van der Waals surface area contributed by atoms with E-state index < -0.39 is 5.79 Å². The number of aliphatic hydroxyl groups excluding tert-OH is 1. The minimum Gasteiger partial charge on any atom is -0.393 e. The Balaban J connectivity index is 1.63. The summed E-state index contributed by atoms with van der Waals surface area (Å²) in [7, 11) is 0. The average Bonchev–Trinajstić information content (AvgIpc) is 2.71. The quantitative estimate of drug-likeness (QED) is 0.677. The van der Waals surface area contributed by atoms with Crippen LogP contribution in [0.15, 0.2) is 12.2 Å². The molecule has 4 aliphatic carbocycles. The first-order valence-electron chi connectivity index (χ1n) is 9.08. The van der Waals surface area contributed by atoms with Crippen LogP contribution in [0.1, 0.15) is 52.4 Å². The number of hydrogen-bond donors (Lipinski definition) is 2. The summed E-state index contributed by atoms with van der Waals surface area (Å²) in [4.78, 5) is 0. The fourth-order valence-electron chi connectivity index (χ4n) is 7.51. The molecule has 2 heterocycles. The van der Waals surface area contributed by atoms with Gasteiger partial charge in [-0.3, -0.25) is 0 Å². The highest BCUT2D eigenvalue weighted by molar-refractivity contribution is 5.27. The fourth-order valence-corrected chi connectivity index (χ4v) is 7.51. The van der Waals surface area contributed by atoms with E-state index in [1.165, 1.54) is 19.3 Å². The summed E-state index contributed by atoms with van der Waals surface area (Å²) >= 11 is 0. The normalized spacial score (nSPS) is 65.3. The molecule has 8 atom stereocenters. The first kappa shape index (κ1) is 14.0. The number of fused-ring (bicyclic) bond motifs is 3. The maximum absolute atomic E-state index is 11.0. The highest BCUT2D eigenvalue weighted by Gasteiger charge is 2.71. The SMILES string of the molecule is C[C@@H]1[C@@H]2[C@@H](O)C[C@]34C=C[C@](C)(CC[C@@H]3[C@@]23CC[C@]1(O)OC3)C4. The molecule has 0 radical (unpaired) electrons. The number of rotatable bonds is 0. The lowest BCUT2D eigenvalue weighted by molar-refractivity contribution is -0.373. The topological polar surface area (TPSA) is 49.7 Å². The Labute approximate surface area is 132 Å². The molecular weight excluding hydrogens is 276 g/mol. The zero-order chi connectivity index (χ0) is 15.4. The predicted octanol–water partition coefficient (Wildman–Crippen LogP) is 2.86. The summed E-state index contributed by atoms with van der Waals surface area (Å²) < 4.78 is 5.98. The van der Waals surface area contributed by atoms with Crippen molar-refractivity contribution in [3.63, 3.8) is 0 Å². The predicted molar refractivity (Wildman–Crippen MR) is 82.9 cm³/mol. The van der Waals surface area contributed by atoms with Crippen LogP contribution in [0.5, 0.6) is 0 Å². The number of aliphatic hydroxyl groups is 2. The minimum absolute atomic E-state index is 0.0426. The Morgan fingerprint density at radius 3 is 2.73 bits per heavy atom. The van der Waals surface area contributed by atoms with E-state index in [-0.39, 0.29) is 28.8 Å². The molecule has 6 rings (SSSR count). The summed E-state index contributed by atoms with van der Waals surface area (Å²) in [6.07, 6.45) is 11.0. The van der Waals surface area contributed by atoms with Gasteiger partial charge < -0.3 is 14.9 Å². The fraction of sp³-hybridized carbons (Fsp3) is 0.895. The van der Waals surface area contributed by atoms with Crippen molar-refractivity contribution in [1.82, 2.24) is 0 Å². The van der Waals surface area contributed by atoms with Gasteiger partial charge in [0.25, 0.3) is 0 Å². The van der Waals surface area contributed by atoms with Crippen molar-refractivity contribution in [2.45, 2.75) is 64.3 Å². The van der Waals surface area contributed by atoms with E-state index >= 15 is 0 Å². The van der Waals surface area contributed by atoms with Gasteiger partial charge in [0.2, 0.25) is 0 Å². The number of hydrogen-bond acceptors (Lipinski definition) is 3. The molecule has 3 heteroatoms. The van der Waals surface area contributed by atoms with Gasteiger partial charge in [-0.05, 0) is 48.9 Å². The smallest absolute Gasteiger partial charge is 0.168 e. The molecule has 3 saturated carbocycles. The summed E-state index contributed by atoms with van der Waals surface area (Å²) in [5, 5.41) is 21.8. The van der Waals surface area contributed by atoms with Crippen molar-refractivity contribution >= 4 is 0 Å². The molecule has 4 bridgehead atoms. The molecule has 0 amide bonds. The van der Waals surface area contributed by atoms with Gasteiger partial charge in [0.05, 0.1) is 12.7 Å². The molecule has 0 aromatic carbocycles. The van der Waals surface area contributed by atoms with Crippen LogP contribution in [0.2, 0.25) is 0 Å². The van der Waals surface area contributed by atoms with Crippen molar-refractivity contribution in [3.05, 3.63) is 12.2 Å². The standard InChI is InChI=1S/C19H28O3/c1-12-15-13(20)9-17-6-5-16(2,10-17)4-3-14(17)18(15)7-8-19(12,21)22-11-18/h5-6,12-15,20-21H,3-4,7-11H2,1-2H3/t12-,13+,14+,15-,16+,17+,18+,19+/m1/s1. The van der Waals surface area contributed by atoms with Gasteiger partial charge in [-0.15, -0.1) is 0 Å². The van der Waals surface area contributed by atoms with Crippen LogP contribution in [0, 0.1) is 34.0 Å². The molecule has 22 heavy (non-hydrogen) atoms. The second-order valence-electron chi connectivity index (χ2n) is 9.44. The van der Waals surface area contributed by atoms with Crippen LogP contribution >= 0.6 is 0 Å². The molecule has 0 aromatic rings. The van der Waals surface area contributed by atoms with Crippen molar-refractivity contribution in [1.29, 1.82) is 0 Å². The van der Waals surface area contributed by atoms with Crippen molar-refractivity contribution in [2.75, 3.05) is 6.61 Å². The van der Waals surface area contributed by atoms with E-state index in [1.54, 1.807) is 0 Å². The monoisotopic (exact) mass is 304 g/mol. The third kappa shape index (κ3) is 1.40. The Hall–Kier alpha value is -0.380. The molecular formula is C19H28O3. The van der Waals surface area contributed by atoms with Crippen molar-refractivity contribution in [3.8, 4) is 0 Å². The summed E-state index contributed by atoms with van der Waals surface area (Å²) in [5.74, 6) is -0.130. The Morgan fingerprint density at radius 1 is 1.18 bits per heavy atom. The molecule has 0 aromatic heterocycles. The molecule has 6 aliphatic rings. The first-order chi connectivity index (χ1) is 10.3. The molecule has 0 unspecified atom stereocenters. The van der Waals surface area contributed by atoms with Gasteiger partial charge in [-0.25, -0.2) is 0 Å². The second kappa shape index (κ2) is 3.81. The van der Waals surface area contributed by atoms with Gasteiger partial charge in [0.1, 0.15) is 0 Å². The summed E-state index contributed by atoms with van der Waals surface area (Å²) in [6.45, 7) is 5.12. The van der Waals surface area contributed by atoms with E-state index in [1.807, 2.05) is 0 Å². The lowest BCUT2D eigenvalue weighted by Gasteiger charge is -2.69. The summed E-state index contributed by atoms with van der Waals surface area (Å²) in [5.41, 5.74) is 0.604. The molecule has 3 nitrogen and oxygen atoms in total. The van der Waals surface area contributed by atoms with Crippen molar-refractivity contribution < 1.29 is 14.9 Å². The maximum atomic E-state index is 11.0. The van der Waals surface area contributed by atoms with Gasteiger partial charge in [-0.1, -0.05) is 26.0 Å². The summed E-state index contributed by atoms with van der Waals surface area (Å²) in [6, 6.07) is 0. The second-order valence-corrected chi connectivity index (χ2v) is 9.44. The highest BCUT2D eigenvalue weighted by Crippen LogP contribution is 2.72. The van der Waals surface area contributed by atoms with E-state index in [0.29, 0.717) is 17.9 Å². The Bertz CT molecular complexity index is 547. The van der Waals surface area contributed by atoms with Crippen LogP contribution in [0.3, 0.4) is 0 Å². The van der Waals surface area contributed by atoms with Gasteiger partial charge in [0, 0.05) is 23.7 Å². The first-order valence-corrected chi connectivity index (χ1v) is 9.08. The third-order valence-corrected chi connectivity index (χ3v) is 8.40. The third-order valence-electron chi connectivity index (χ3n) is 8.40. The van der Waals surface area contributed by atoms with E-state index in [9.17, 15) is 10.2 Å². The average molecular weight is 304 g/mol. The van der Waals surface area contributed by atoms with Crippen LogP contribution < -0.4 is 0 Å². The number of ether oxygens (including phenoxy) is 1. The lowest BCUT2D eigenvalue weighted by atomic mass is 9.40. The molecule has 2 saturated heterocycles. The highest BCUT2D eigenvalue weighted by atomic mass is 16.6. The zero-order valence-electron chi connectivity index (χ0n) is 13.7. The number of allylic oxidation sites excluding steroid dienone is 2. The van der Waals surface area contributed by atoms with Crippen LogP contribution in [-0.4, -0.2) is 28.7 Å². The van der Waals surface area contributed by atoms with E-state index in [0.717, 1.165) is 19.3 Å². The van der Waals surface area contributed by atoms with Crippen LogP contribution in [0.4, 0.5) is 0 Å². The van der Waals surface area contributed by atoms with Crippen molar-refractivity contribution in [2.24, 2.45) is 34.0 Å². The zero-order valence-corrected chi connectivity index (χ0v) is 13.7. The van der Waals surface area contributed by atoms with E-state index in [4.69, 9.17) is 4.74 Å². The Morgan fingerprint density at radius 2 is 2.00 bits per heavy atom. The van der Waals surface area contributed by atoms with Gasteiger partial charge in [-0.2, -0.15) is 0 Å². The van der Waals surface area contributed by atoms with E-state index in [2.05, 4.69) is 26.0 Å². The molecule has 2 aliphatic heterocycles. The van der Waals surface area contributed by atoms with Gasteiger partial charge in [0.15, 0.2) is 5.79 Å². The van der Waals surface area contributed by atoms with Crippen LogP contribution in [0.25, 0.3) is 0 Å². The Kier molecular flexibility index (Phi) is 2.43.